The summed E-state index contributed by atoms with van der Waals surface area (Å²) in [5, 5.41) is 10.8. The maximum absolute atomic E-state index is 11.6. The largest absolute Gasteiger partial charge is 0.368 e. The van der Waals surface area contributed by atoms with E-state index in [1.807, 2.05) is 13.0 Å². The van der Waals surface area contributed by atoms with Gasteiger partial charge in [0, 0.05) is 25.2 Å². The molecule has 1 fully saturated rings. The Morgan fingerprint density at radius 2 is 2.32 bits per heavy atom. The number of halogens is 1. The van der Waals surface area contributed by atoms with Crippen LogP contribution in [0.4, 0.5) is 5.82 Å². The molecular formula is C11H13ClN6O. The maximum atomic E-state index is 11.6. The summed E-state index contributed by atoms with van der Waals surface area (Å²) in [6, 6.07) is 3.44. The van der Waals surface area contributed by atoms with Gasteiger partial charge in [-0.05, 0) is 6.92 Å². The van der Waals surface area contributed by atoms with E-state index in [-0.39, 0.29) is 0 Å². The van der Waals surface area contributed by atoms with E-state index >= 15 is 0 Å². The molecule has 1 aliphatic rings. The lowest BCUT2D eigenvalue weighted by Gasteiger charge is -2.40. The van der Waals surface area contributed by atoms with Crippen molar-refractivity contribution >= 4 is 29.0 Å². The molecule has 1 amide bonds. The Morgan fingerprint density at radius 3 is 2.89 bits per heavy atom. The van der Waals surface area contributed by atoms with E-state index in [0.717, 1.165) is 5.69 Å². The van der Waals surface area contributed by atoms with Gasteiger partial charge < -0.3 is 16.4 Å². The van der Waals surface area contributed by atoms with Crippen molar-refractivity contribution in [2.24, 2.45) is 5.73 Å². The first-order valence-electron chi connectivity index (χ1n) is 5.82. The van der Waals surface area contributed by atoms with Gasteiger partial charge in [0.05, 0.1) is 5.69 Å². The second-order valence-electron chi connectivity index (χ2n) is 4.69. The van der Waals surface area contributed by atoms with E-state index < -0.39 is 11.4 Å². The van der Waals surface area contributed by atoms with Crippen molar-refractivity contribution < 1.29 is 4.79 Å². The molecule has 3 rings (SSSR count). The summed E-state index contributed by atoms with van der Waals surface area (Å²) in [5.74, 6) is 0.194. The van der Waals surface area contributed by atoms with Gasteiger partial charge in [0.15, 0.2) is 5.65 Å². The average molecular weight is 281 g/mol. The summed E-state index contributed by atoms with van der Waals surface area (Å²) >= 11 is 5.98. The Kier molecular flexibility index (Phi) is 2.61. The van der Waals surface area contributed by atoms with E-state index in [1.165, 1.54) is 0 Å². The number of primary amides is 1. The normalized spacial score (nSPS) is 17.2. The molecule has 4 N–H and O–H groups in total. The molecule has 0 bridgehead atoms. The zero-order chi connectivity index (χ0) is 13.6. The van der Waals surface area contributed by atoms with Crippen LogP contribution in [-0.4, -0.2) is 39.1 Å². The van der Waals surface area contributed by atoms with Crippen molar-refractivity contribution in [2.75, 3.05) is 18.4 Å². The molecule has 0 saturated carbocycles. The van der Waals surface area contributed by atoms with E-state index in [4.69, 9.17) is 17.3 Å². The van der Waals surface area contributed by atoms with Crippen molar-refractivity contribution in [3.8, 4) is 0 Å². The lowest BCUT2D eigenvalue weighted by molar-refractivity contribution is -0.123. The van der Waals surface area contributed by atoms with Gasteiger partial charge in [0.1, 0.15) is 16.5 Å². The van der Waals surface area contributed by atoms with Crippen LogP contribution in [0.2, 0.25) is 5.15 Å². The molecule has 0 atom stereocenters. The average Bonchev–Trinajstić information content (AvgIpc) is 2.62. The number of fused-ring (bicyclic) bond motifs is 1. The number of carbonyl (C=O) groups is 1. The number of nitrogens with one attached hydrogen (secondary N) is 2. The predicted octanol–water partition coefficient (Wildman–Crippen LogP) is -0.0697. The summed E-state index contributed by atoms with van der Waals surface area (Å²) in [4.78, 5) is 15.7. The maximum Gasteiger partial charge on any atom is 0.245 e. The van der Waals surface area contributed by atoms with Crippen LogP contribution in [-0.2, 0) is 4.79 Å². The first kappa shape index (κ1) is 12.2. The van der Waals surface area contributed by atoms with Crippen molar-refractivity contribution in [2.45, 2.75) is 12.5 Å². The SMILES string of the molecule is Cc1cc2nc(Cl)cc(NC3(C(N)=O)CNC3)n2n1. The Labute approximate surface area is 114 Å². The van der Waals surface area contributed by atoms with Gasteiger partial charge in [-0.3, -0.25) is 4.79 Å². The second-order valence-corrected chi connectivity index (χ2v) is 5.08. The standard InChI is InChI=1S/C11H13ClN6O/c1-6-2-8-15-7(12)3-9(18(8)17-6)16-11(10(13)19)4-14-5-11/h2-3,14,16H,4-5H2,1H3,(H2,13,19). The van der Waals surface area contributed by atoms with Crippen LogP contribution in [0, 0.1) is 6.92 Å². The Hall–Kier alpha value is -1.86. The number of hydrogen-bond donors (Lipinski definition) is 3. The number of rotatable bonds is 3. The van der Waals surface area contributed by atoms with Gasteiger partial charge >= 0.3 is 0 Å². The highest BCUT2D eigenvalue weighted by atomic mass is 35.5. The highest BCUT2D eigenvalue weighted by Crippen LogP contribution is 2.22. The number of aromatic nitrogens is 3. The molecule has 0 unspecified atom stereocenters. The molecular weight excluding hydrogens is 268 g/mol. The fourth-order valence-corrected chi connectivity index (χ4v) is 2.28. The molecule has 0 radical (unpaired) electrons. The molecule has 1 aliphatic heterocycles. The highest BCUT2D eigenvalue weighted by molar-refractivity contribution is 6.29. The van der Waals surface area contributed by atoms with Crippen molar-refractivity contribution in [3.05, 3.63) is 23.0 Å². The number of hydrogen-bond acceptors (Lipinski definition) is 5. The summed E-state index contributed by atoms with van der Waals surface area (Å²) in [6.07, 6.45) is 0. The third-order valence-corrected chi connectivity index (χ3v) is 3.40. The van der Waals surface area contributed by atoms with Crippen molar-refractivity contribution in [3.63, 3.8) is 0 Å². The minimum absolute atomic E-state index is 0.335. The van der Waals surface area contributed by atoms with E-state index in [1.54, 1.807) is 10.6 Å². The first-order valence-corrected chi connectivity index (χ1v) is 6.20. The summed E-state index contributed by atoms with van der Waals surface area (Å²) < 4.78 is 1.62. The minimum atomic E-state index is -0.794. The minimum Gasteiger partial charge on any atom is -0.368 e. The predicted molar refractivity (Wildman–Crippen MR) is 71.2 cm³/mol. The Bertz CT molecular complexity index is 662. The van der Waals surface area contributed by atoms with Gasteiger partial charge in [-0.15, -0.1) is 0 Å². The van der Waals surface area contributed by atoms with Crippen molar-refractivity contribution in [1.82, 2.24) is 19.9 Å². The number of carbonyl (C=O) groups excluding carboxylic acids is 1. The molecule has 100 valence electrons. The van der Waals surface area contributed by atoms with Crippen LogP contribution in [0.15, 0.2) is 12.1 Å². The smallest absolute Gasteiger partial charge is 0.245 e. The van der Waals surface area contributed by atoms with Gasteiger partial charge in [-0.2, -0.15) is 9.61 Å². The van der Waals surface area contributed by atoms with Crippen molar-refractivity contribution in [1.29, 1.82) is 0 Å². The van der Waals surface area contributed by atoms with Crippen LogP contribution < -0.4 is 16.4 Å². The van der Waals surface area contributed by atoms with Crippen LogP contribution in [0.1, 0.15) is 5.69 Å². The van der Waals surface area contributed by atoms with Crippen LogP contribution in [0.5, 0.6) is 0 Å². The fourth-order valence-electron chi connectivity index (χ4n) is 2.09. The van der Waals surface area contributed by atoms with Gasteiger partial charge in [-0.25, -0.2) is 4.98 Å². The van der Waals surface area contributed by atoms with Crippen LogP contribution >= 0.6 is 11.6 Å². The van der Waals surface area contributed by atoms with Gasteiger partial charge in [0.2, 0.25) is 5.91 Å². The highest BCUT2D eigenvalue weighted by Gasteiger charge is 2.43. The monoisotopic (exact) mass is 280 g/mol. The third-order valence-electron chi connectivity index (χ3n) is 3.21. The Balaban J connectivity index is 2.07. The van der Waals surface area contributed by atoms with E-state index in [9.17, 15) is 4.79 Å². The molecule has 0 aliphatic carbocycles. The molecule has 1 saturated heterocycles. The zero-order valence-corrected chi connectivity index (χ0v) is 11.0. The lowest BCUT2D eigenvalue weighted by Crippen LogP contribution is -2.70. The van der Waals surface area contributed by atoms with E-state index in [0.29, 0.717) is 29.7 Å². The molecule has 8 heteroatoms. The molecule has 0 spiro atoms. The topological polar surface area (TPSA) is 97.3 Å². The third kappa shape index (κ3) is 1.91. The molecule has 7 nitrogen and oxygen atoms in total. The quantitative estimate of drug-likeness (QED) is 0.684. The number of nitrogens with two attached hydrogens (primary N) is 1. The summed E-state index contributed by atoms with van der Waals surface area (Å²) in [5.41, 5.74) is 6.10. The summed E-state index contributed by atoms with van der Waals surface area (Å²) in [7, 11) is 0. The Morgan fingerprint density at radius 1 is 1.58 bits per heavy atom. The lowest BCUT2D eigenvalue weighted by atomic mass is 9.91. The fraction of sp³-hybridized carbons (Fsp3) is 0.364. The second kappa shape index (κ2) is 4.07. The number of amides is 1. The van der Waals surface area contributed by atoms with Crippen LogP contribution in [0.25, 0.3) is 5.65 Å². The summed E-state index contributed by atoms with van der Waals surface area (Å²) in [6.45, 7) is 2.81. The van der Waals surface area contributed by atoms with Gasteiger partial charge in [0.25, 0.3) is 0 Å². The zero-order valence-electron chi connectivity index (χ0n) is 10.3. The van der Waals surface area contributed by atoms with Crippen LogP contribution in [0.3, 0.4) is 0 Å². The van der Waals surface area contributed by atoms with E-state index in [2.05, 4.69) is 20.7 Å². The molecule has 0 aromatic carbocycles. The first-order chi connectivity index (χ1) is 9.00. The van der Waals surface area contributed by atoms with Gasteiger partial charge in [-0.1, -0.05) is 11.6 Å². The molecule has 2 aromatic heterocycles. The molecule has 19 heavy (non-hydrogen) atoms. The molecule has 3 heterocycles. The number of aryl methyl sites for hydroxylation is 1. The number of anilines is 1. The molecule has 2 aromatic rings. The number of nitrogens with zero attached hydrogens (tertiary/aromatic N) is 3.